The summed E-state index contributed by atoms with van der Waals surface area (Å²) < 4.78 is 26.3. The maximum atomic E-state index is 12.3. The molecule has 4 aromatic heterocycles. The van der Waals surface area contributed by atoms with Gasteiger partial charge in [0.15, 0.2) is 0 Å². The molecule has 0 radical (unpaired) electrons. The van der Waals surface area contributed by atoms with Gasteiger partial charge in [-0.2, -0.15) is 4.98 Å². The topological polar surface area (TPSA) is 100 Å². The highest BCUT2D eigenvalue weighted by Crippen LogP contribution is 2.28. The molecule has 3 N–H and O–H groups in total. The zero-order valence-corrected chi connectivity index (χ0v) is 14.2. The van der Waals surface area contributed by atoms with Crippen LogP contribution in [0, 0.1) is 0 Å². The normalized spacial score (nSPS) is 11.4. The first-order valence-electron chi connectivity index (χ1n) is 8.12. The third-order valence-corrected chi connectivity index (χ3v) is 4.12. The number of nitrogens with zero attached hydrogens (tertiary/aromatic N) is 4. The number of amides is 1. The van der Waals surface area contributed by atoms with Crippen LogP contribution in [0.25, 0.3) is 27.8 Å². The van der Waals surface area contributed by atoms with Gasteiger partial charge >= 0.3 is 0 Å². The summed E-state index contributed by atoms with van der Waals surface area (Å²) >= 11 is 0. The molecule has 0 aliphatic rings. The largest absolute Gasteiger partial charge is 0.357 e. The van der Waals surface area contributed by atoms with Crippen LogP contribution in [-0.4, -0.2) is 50.3 Å². The molecule has 0 bridgehead atoms. The van der Waals surface area contributed by atoms with E-state index >= 15 is 0 Å². The number of aromatic amines is 1. The predicted molar refractivity (Wildman–Crippen MR) is 96.0 cm³/mol. The van der Waals surface area contributed by atoms with E-state index in [0.717, 1.165) is 16.5 Å². The van der Waals surface area contributed by atoms with Gasteiger partial charge in [0.1, 0.15) is 17.0 Å². The molecule has 138 valence electrons. The van der Waals surface area contributed by atoms with Crippen molar-refractivity contribution in [2.75, 3.05) is 18.9 Å². The van der Waals surface area contributed by atoms with Crippen molar-refractivity contribution >= 4 is 28.5 Å². The smallest absolute Gasteiger partial charge is 0.270 e. The summed E-state index contributed by atoms with van der Waals surface area (Å²) in [6.45, 7) is -0.709. The summed E-state index contributed by atoms with van der Waals surface area (Å²) in [6, 6.07) is 3.61. The number of halogens is 2. The van der Waals surface area contributed by atoms with Crippen LogP contribution >= 0.6 is 0 Å². The molecule has 0 unspecified atom stereocenters. The van der Waals surface area contributed by atoms with Crippen LogP contribution in [0.3, 0.4) is 0 Å². The number of carbonyl (C=O) groups excluding carboxylic acids is 1. The van der Waals surface area contributed by atoms with Crippen LogP contribution in [0.5, 0.6) is 0 Å². The Bertz CT molecular complexity index is 1130. The van der Waals surface area contributed by atoms with Crippen molar-refractivity contribution in [2.45, 2.75) is 6.43 Å². The van der Waals surface area contributed by atoms with E-state index in [4.69, 9.17) is 0 Å². The maximum Gasteiger partial charge on any atom is 0.270 e. The molecule has 10 heteroatoms. The number of imidazole rings is 1. The lowest BCUT2D eigenvalue weighted by Crippen LogP contribution is -2.29. The van der Waals surface area contributed by atoms with E-state index in [9.17, 15) is 13.6 Å². The third kappa shape index (κ3) is 3.05. The first kappa shape index (κ1) is 16.9. The second-order valence-electron chi connectivity index (χ2n) is 5.80. The van der Waals surface area contributed by atoms with E-state index in [0.29, 0.717) is 17.2 Å². The summed E-state index contributed by atoms with van der Waals surface area (Å²) in [5.41, 5.74) is 3.04. The fraction of sp³-hybridized carbons (Fsp3) is 0.176. The van der Waals surface area contributed by atoms with E-state index < -0.39 is 18.9 Å². The predicted octanol–water partition coefficient (Wildman–Crippen LogP) is 2.31. The van der Waals surface area contributed by atoms with Crippen LogP contribution in [0.1, 0.15) is 10.5 Å². The van der Waals surface area contributed by atoms with Crippen LogP contribution in [0.4, 0.5) is 14.7 Å². The lowest BCUT2D eigenvalue weighted by Gasteiger charge is -2.06. The third-order valence-electron chi connectivity index (χ3n) is 4.12. The fourth-order valence-corrected chi connectivity index (χ4v) is 2.83. The molecule has 0 aliphatic heterocycles. The van der Waals surface area contributed by atoms with Gasteiger partial charge in [0.2, 0.25) is 5.95 Å². The maximum absolute atomic E-state index is 12.3. The van der Waals surface area contributed by atoms with Crippen molar-refractivity contribution in [3.8, 4) is 11.1 Å². The van der Waals surface area contributed by atoms with Gasteiger partial charge in [-0.15, -0.1) is 0 Å². The molecule has 0 spiro atoms. The molecule has 0 saturated heterocycles. The number of hydrogen-bond donors (Lipinski definition) is 3. The minimum absolute atomic E-state index is 0.182. The number of fused-ring (bicyclic) bond motifs is 2. The first-order chi connectivity index (χ1) is 13.1. The van der Waals surface area contributed by atoms with Crippen molar-refractivity contribution in [2.24, 2.45) is 0 Å². The Morgan fingerprint density at radius 1 is 1.30 bits per heavy atom. The molecule has 0 aliphatic carbocycles. The van der Waals surface area contributed by atoms with E-state index in [1.165, 1.54) is 6.20 Å². The molecule has 4 heterocycles. The van der Waals surface area contributed by atoms with Gasteiger partial charge in [0.05, 0.1) is 12.7 Å². The molecule has 0 fully saturated rings. The average molecular weight is 371 g/mol. The summed E-state index contributed by atoms with van der Waals surface area (Å²) in [6.07, 6.45) is 3.98. The number of rotatable bonds is 5. The van der Waals surface area contributed by atoms with Gasteiger partial charge in [-0.1, -0.05) is 0 Å². The molecule has 0 aromatic carbocycles. The molecular formula is C17H15F2N7O. The van der Waals surface area contributed by atoms with Gasteiger partial charge in [-0.25, -0.2) is 18.7 Å². The van der Waals surface area contributed by atoms with E-state index in [-0.39, 0.29) is 5.69 Å². The fourth-order valence-electron chi connectivity index (χ4n) is 2.83. The monoisotopic (exact) mass is 371 g/mol. The minimum atomic E-state index is -2.61. The Kier molecular flexibility index (Phi) is 4.15. The van der Waals surface area contributed by atoms with Gasteiger partial charge in [-0.3, -0.25) is 9.20 Å². The quantitative estimate of drug-likeness (QED) is 0.500. The van der Waals surface area contributed by atoms with Gasteiger partial charge < -0.3 is 15.6 Å². The second kappa shape index (κ2) is 6.63. The molecular weight excluding hydrogens is 356 g/mol. The molecule has 4 aromatic rings. The number of nitrogens with one attached hydrogen (secondary N) is 3. The highest BCUT2D eigenvalue weighted by Gasteiger charge is 2.15. The number of anilines is 1. The lowest BCUT2D eigenvalue weighted by molar-refractivity contribution is 0.0886. The Hall–Kier alpha value is -3.56. The Morgan fingerprint density at radius 2 is 2.15 bits per heavy atom. The summed E-state index contributed by atoms with van der Waals surface area (Å²) in [5, 5.41) is 5.88. The van der Waals surface area contributed by atoms with Crippen LogP contribution in [-0.2, 0) is 0 Å². The van der Waals surface area contributed by atoms with Crippen LogP contribution in [0.2, 0.25) is 0 Å². The second-order valence-corrected chi connectivity index (χ2v) is 5.80. The molecule has 8 nitrogen and oxygen atoms in total. The van der Waals surface area contributed by atoms with Crippen molar-refractivity contribution in [1.29, 1.82) is 0 Å². The summed E-state index contributed by atoms with van der Waals surface area (Å²) in [4.78, 5) is 28.0. The van der Waals surface area contributed by atoms with Crippen molar-refractivity contribution in [3.05, 3.63) is 42.6 Å². The highest BCUT2D eigenvalue weighted by atomic mass is 19.3. The van der Waals surface area contributed by atoms with Crippen LogP contribution in [0.15, 0.2) is 36.9 Å². The van der Waals surface area contributed by atoms with Gasteiger partial charge in [-0.05, 0) is 12.1 Å². The average Bonchev–Trinajstić information content (AvgIpc) is 3.28. The zero-order chi connectivity index (χ0) is 19.0. The Morgan fingerprint density at radius 3 is 2.93 bits per heavy atom. The van der Waals surface area contributed by atoms with Crippen molar-refractivity contribution in [1.82, 2.24) is 29.7 Å². The first-order valence-corrected chi connectivity index (χ1v) is 8.12. The van der Waals surface area contributed by atoms with Gasteiger partial charge in [0, 0.05) is 42.2 Å². The Labute approximate surface area is 151 Å². The standard InChI is InChI=1S/C17H15F2N7O/c1-20-17-24-5-11-10(4-22-15(11)25-17)9-2-3-14-21-6-12(26(14)8-9)16(27)23-7-13(18)19/h2-6,8,13H,7H2,1H3,(H,23,27)(H2,20,22,24,25). The van der Waals surface area contributed by atoms with Crippen LogP contribution < -0.4 is 10.6 Å². The molecule has 0 atom stereocenters. The number of carbonyl (C=O) groups is 1. The van der Waals surface area contributed by atoms with Crippen molar-refractivity contribution in [3.63, 3.8) is 0 Å². The van der Waals surface area contributed by atoms with E-state index in [2.05, 4.69) is 30.6 Å². The molecule has 27 heavy (non-hydrogen) atoms. The van der Waals surface area contributed by atoms with E-state index in [1.54, 1.807) is 36.1 Å². The van der Waals surface area contributed by atoms with Crippen molar-refractivity contribution < 1.29 is 13.6 Å². The summed E-state index contributed by atoms with van der Waals surface area (Å²) in [7, 11) is 1.73. The number of alkyl halides is 2. The molecule has 4 rings (SSSR count). The van der Waals surface area contributed by atoms with E-state index in [1.807, 2.05) is 6.07 Å². The lowest BCUT2D eigenvalue weighted by atomic mass is 10.1. The number of aromatic nitrogens is 5. The van der Waals surface area contributed by atoms with Gasteiger partial charge in [0.25, 0.3) is 12.3 Å². The number of hydrogen-bond acceptors (Lipinski definition) is 5. The minimum Gasteiger partial charge on any atom is -0.357 e. The molecule has 0 saturated carbocycles. The highest BCUT2D eigenvalue weighted by molar-refractivity contribution is 5.95. The molecule has 1 amide bonds. The number of H-pyrrole nitrogens is 1. The SMILES string of the molecule is CNc1ncc2c(-c3ccc4ncc(C(=O)NCC(F)F)n4c3)c[nH]c2n1. The Balaban J connectivity index is 1.75. The number of pyridine rings is 1. The summed E-state index contributed by atoms with van der Waals surface area (Å²) in [5.74, 6) is -0.111. The zero-order valence-electron chi connectivity index (χ0n) is 14.2.